The van der Waals surface area contributed by atoms with Gasteiger partial charge in [0.2, 0.25) is 0 Å². The van der Waals surface area contributed by atoms with Gasteiger partial charge < -0.3 is 9.32 Å². The number of alkyl halides is 6. The van der Waals surface area contributed by atoms with E-state index in [-0.39, 0.29) is 11.2 Å². The van der Waals surface area contributed by atoms with Crippen LogP contribution in [0.25, 0.3) is 21.9 Å². The van der Waals surface area contributed by atoms with Crippen LogP contribution in [-0.2, 0) is 12.4 Å². The molecule has 29 heavy (non-hydrogen) atoms. The number of nitrogens with zero attached hydrogens (tertiary/aromatic N) is 1. The molecule has 1 aromatic heterocycles. The first kappa shape index (κ1) is 19.2. The van der Waals surface area contributed by atoms with Crippen molar-refractivity contribution in [3.63, 3.8) is 0 Å². The summed E-state index contributed by atoms with van der Waals surface area (Å²) in [6.45, 7) is 0. The smallest absolute Gasteiger partial charge is 0.420 e. The number of furan rings is 1. The molecule has 0 fully saturated rings. The maximum Gasteiger partial charge on any atom is 0.420 e. The molecule has 0 aliphatic carbocycles. The molecule has 1 heterocycles. The van der Waals surface area contributed by atoms with E-state index in [1.54, 1.807) is 30.1 Å². The summed E-state index contributed by atoms with van der Waals surface area (Å²) in [6.07, 6.45) is -9.03. The lowest BCUT2D eigenvalue weighted by Crippen LogP contribution is -2.11. The highest BCUT2D eigenvalue weighted by molar-refractivity contribution is 6.10. The number of para-hydroxylation sites is 2. The molecule has 0 bridgehead atoms. The highest BCUT2D eigenvalue weighted by atomic mass is 19.4. The molecule has 0 atom stereocenters. The molecule has 4 aromatic rings. The van der Waals surface area contributed by atoms with E-state index in [1.807, 2.05) is 0 Å². The van der Waals surface area contributed by atoms with E-state index in [2.05, 4.69) is 0 Å². The van der Waals surface area contributed by atoms with Gasteiger partial charge in [0.1, 0.15) is 5.58 Å². The normalized spacial score (nSPS) is 12.7. The van der Waals surface area contributed by atoms with Crippen LogP contribution >= 0.6 is 0 Å². The Kier molecular flexibility index (Phi) is 4.25. The van der Waals surface area contributed by atoms with E-state index in [0.29, 0.717) is 22.1 Å². The number of benzene rings is 3. The summed E-state index contributed by atoms with van der Waals surface area (Å²) in [5.74, 6) is 0. The zero-order valence-electron chi connectivity index (χ0n) is 14.9. The quantitative estimate of drug-likeness (QED) is 0.321. The molecule has 4 rings (SSSR count). The van der Waals surface area contributed by atoms with Crippen LogP contribution in [0.4, 0.5) is 37.7 Å². The van der Waals surface area contributed by atoms with Crippen molar-refractivity contribution in [2.24, 2.45) is 0 Å². The van der Waals surface area contributed by atoms with Gasteiger partial charge in [-0.05, 0) is 36.4 Å². The topological polar surface area (TPSA) is 16.4 Å². The summed E-state index contributed by atoms with van der Waals surface area (Å²) in [5.41, 5.74) is -0.848. The summed E-state index contributed by atoms with van der Waals surface area (Å²) in [4.78, 5) is 1.57. The van der Waals surface area contributed by atoms with Gasteiger partial charge in [0, 0.05) is 23.5 Å². The lowest BCUT2D eigenvalue weighted by Gasteiger charge is -2.20. The molecule has 2 nitrogen and oxygen atoms in total. The monoisotopic (exact) mass is 409 g/mol. The highest BCUT2D eigenvalue weighted by Crippen LogP contribution is 2.42. The van der Waals surface area contributed by atoms with Crippen molar-refractivity contribution in [1.82, 2.24) is 0 Å². The van der Waals surface area contributed by atoms with Crippen molar-refractivity contribution in [3.8, 4) is 0 Å². The maximum atomic E-state index is 13.3. The second kappa shape index (κ2) is 6.43. The third kappa shape index (κ3) is 3.28. The molecule has 0 amide bonds. The molecule has 150 valence electrons. The molecule has 0 spiro atoms. The fourth-order valence-electron chi connectivity index (χ4n) is 3.31. The Labute approximate surface area is 160 Å². The predicted octanol–water partition coefficient (Wildman–Crippen LogP) is 7.39. The number of rotatable bonds is 2. The summed E-state index contributed by atoms with van der Waals surface area (Å²) < 4.78 is 84.0. The molecule has 0 aliphatic heterocycles. The first-order chi connectivity index (χ1) is 13.6. The van der Waals surface area contributed by atoms with Gasteiger partial charge >= 0.3 is 12.4 Å². The Morgan fingerprint density at radius 2 is 1.28 bits per heavy atom. The van der Waals surface area contributed by atoms with E-state index in [0.717, 1.165) is 18.2 Å². The Morgan fingerprint density at radius 1 is 0.690 bits per heavy atom. The van der Waals surface area contributed by atoms with E-state index < -0.39 is 23.5 Å². The van der Waals surface area contributed by atoms with Gasteiger partial charge in [-0.3, -0.25) is 0 Å². The molecule has 8 heteroatoms. The molecular weight excluding hydrogens is 396 g/mol. The first-order valence-corrected chi connectivity index (χ1v) is 8.50. The van der Waals surface area contributed by atoms with Gasteiger partial charge in [-0.1, -0.05) is 24.3 Å². The van der Waals surface area contributed by atoms with Crippen molar-refractivity contribution in [1.29, 1.82) is 0 Å². The van der Waals surface area contributed by atoms with Crippen LogP contribution in [0, 0.1) is 0 Å². The SMILES string of the molecule is CN(c1ccc(C(F)(F)F)cc1)c1cccc2c1oc1c(C(F)(F)F)cccc12. The minimum atomic E-state index is -4.58. The number of hydrogen-bond acceptors (Lipinski definition) is 2. The Balaban J connectivity index is 1.86. The third-order valence-electron chi connectivity index (χ3n) is 4.75. The van der Waals surface area contributed by atoms with Crippen LogP contribution in [0.15, 0.2) is 65.1 Å². The lowest BCUT2D eigenvalue weighted by atomic mass is 10.1. The van der Waals surface area contributed by atoms with Gasteiger partial charge in [0.05, 0.1) is 16.8 Å². The molecular formula is C21H13F6NO. The molecule has 0 saturated carbocycles. The maximum absolute atomic E-state index is 13.3. The Bertz CT molecular complexity index is 1190. The number of hydrogen-bond donors (Lipinski definition) is 0. The van der Waals surface area contributed by atoms with E-state index >= 15 is 0 Å². The van der Waals surface area contributed by atoms with Crippen LogP contribution in [-0.4, -0.2) is 7.05 Å². The predicted molar refractivity (Wildman–Crippen MR) is 98.2 cm³/mol. The minimum absolute atomic E-state index is 0.224. The van der Waals surface area contributed by atoms with Gasteiger partial charge in [0.25, 0.3) is 0 Å². The lowest BCUT2D eigenvalue weighted by molar-refractivity contribution is -0.138. The number of halogens is 6. The average Bonchev–Trinajstić information content (AvgIpc) is 3.04. The largest absolute Gasteiger partial charge is 0.453 e. The van der Waals surface area contributed by atoms with Crippen molar-refractivity contribution in [3.05, 3.63) is 71.8 Å². The molecule has 0 unspecified atom stereocenters. The molecule has 0 radical (unpaired) electrons. The molecule has 3 aromatic carbocycles. The van der Waals surface area contributed by atoms with Crippen molar-refractivity contribution >= 4 is 33.3 Å². The molecule has 0 N–H and O–H groups in total. The summed E-state index contributed by atoms with van der Waals surface area (Å²) in [5, 5.41) is 0.805. The van der Waals surface area contributed by atoms with E-state index in [9.17, 15) is 26.3 Å². The number of fused-ring (bicyclic) bond motifs is 3. The number of anilines is 2. The molecule has 0 aliphatic rings. The standard InChI is InChI=1S/C21H13F6NO/c1-28(13-10-8-12(9-11-13)20(22,23)24)17-7-3-5-15-14-4-2-6-16(21(25,26)27)18(14)29-19(15)17/h2-11H,1H3. The first-order valence-electron chi connectivity index (χ1n) is 8.50. The van der Waals surface area contributed by atoms with Gasteiger partial charge in [-0.15, -0.1) is 0 Å². The van der Waals surface area contributed by atoms with E-state index in [4.69, 9.17) is 4.42 Å². The second-order valence-electron chi connectivity index (χ2n) is 6.54. The van der Waals surface area contributed by atoms with Crippen LogP contribution in [0.2, 0.25) is 0 Å². The van der Waals surface area contributed by atoms with Crippen molar-refractivity contribution in [2.45, 2.75) is 12.4 Å². The molecule has 0 saturated heterocycles. The minimum Gasteiger partial charge on any atom is -0.453 e. The summed E-state index contributed by atoms with van der Waals surface area (Å²) >= 11 is 0. The Morgan fingerprint density at radius 3 is 1.86 bits per heavy atom. The fourth-order valence-corrected chi connectivity index (χ4v) is 3.31. The summed E-state index contributed by atoms with van der Waals surface area (Å²) in [6, 6.07) is 13.2. The fraction of sp³-hybridized carbons (Fsp3) is 0.143. The van der Waals surface area contributed by atoms with Crippen LogP contribution in [0.5, 0.6) is 0 Å². The van der Waals surface area contributed by atoms with Crippen LogP contribution in [0.3, 0.4) is 0 Å². The van der Waals surface area contributed by atoms with Crippen LogP contribution < -0.4 is 4.90 Å². The average molecular weight is 409 g/mol. The zero-order valence-corrected chi connectivity index (χ0v) is 14.9. The van der Waals surface area contributed by atoms with Crippen molar-refractivity contribution < 1.29 is 30.8 Å². The van der Waals surface area contributed by atoms with E-state index in [1.165, 1.54) is 24.3 Å². The highest BCUT2D eigenvalue weighted by Gasteiger charge is 2.35. The second-order valence-corrected chi connectivity index (χ2v) is 6.54. The van der Waals surface area contributed by atoms with Gasteiger partial charge in [0.15, 0.2) is 5.58 Å². The zero-order chi connectivity index (χ0) is 21.0. The van der Waals surface area contributed by atoms with Gasteiger partial charge in [-0.2, -0.15) is 26.3 Å². The third-order valence-corrected chi connectivity index (χ3v) is 4.75. The Hall–Kier alpha value is -3.16. The van der Waals surface area contributed by atoms with Crippen molar-refractivity contribution in [2.75, 3.05) is 11.9 Å². The van der Waals surface area contributed by atoms with Gasteiger partial charge in [-0.25, -0.2) is 0 Å². The van der Waals surface area contributed by atoms with Crippen LogP contribution in [0.1, 0.15) is 11.1 Å². The summed E-state index contributed by atoms with van der Waals surface area (Å²) in [7, 11) is 1.61.